The number of thioether (sulfide) groups is 1. The molecule has 1 amide bonds. The predicted octanol–water partition coefficient (Wildman–Crippen LogP) is 2.22. The minimum atomic E-state index is -3.75. The van der Waals surface area contributed by atoms with Crippen LogP contribution in [0.2, 0.25) is 0 Å². The summed E-state index contributed by atoms with van der Waals surface area (Å²) < 4.78 is 33.5. The largest absolute Gasteiger partial charge is 0.486 e. The lowest BCUT2D eigenvalue weighted by Gasteiger charge is -2.19. The highest BCUT2D eigenvalue weighted by Gasteiger charge is 2.18. The highest BCUT2D eigenvalue weighted by molar-refractivity contribution is 8.00. The summed E-state index contributed by atoms with van der Waals surface area (Å²) in [6.07, 6.45) is 0. The number of primary sulfonamides is 1. The first-order valence-electron chi connectivity index (χ1n) is 7.83. The number of benzene rings is 2. The van der Waals surface area contributed by atoms with Crippen LogP contribution in [0, 0.1) is 0 Å². The molecule has 1 aliphatic heterocycles. The summed E-state index contributed by atoms with van der Waals surface area (Å²) in [4.78, 5) is 13.2. The maximum atomic E-state index is 12.4. The van der Waals surface area contributed by atoms with E-state index in [4.69, 9.17) is 14.6 Å². The van der Waals surface area contributed by atoms with Gasteiger partial charge in [0.25, 0.3) is 0 Å². The van der Waals surface area contributed by atoms with E-state index < -0.39 is 10.0 Å². The van der Waals surface area contributed by atoms with Crippen LogP contribution in [0.1, 0.15) is 6.92 Å². The third-order valence-corrected chi connectivity index (χ3v) is 5.67. The van der Waals surface area contributed by atoms with Gasteiger partial charge in [-0.1, -0.05) is 0 Å². The minimum Gasteiger partial charge on any atom is -0.486 e. The average molecular weight is 394 g/mol. The van der Waals surface area contributed by atoms with Crippen LogP contribution in [0.5, 0.6) is 11.5 Å². The Labute approximate surface area is 155 Å². The quantitative estimate of drug-likeness (QED) is 0.753. The Morgan fingerprint density at radius 1 is 1.12 bits per heavy atom. The van der Waals surface area contributed by atoms with E-state index in [0.29, 0.717) is 30.4 Å². The molecule has 0 saturated carbocycles. The maximum Gasteiger partial charge on any atom is 0.238 e. The van der Waals surface area contributed by atoms with Gasteiger partial charge in [-0.2, -0.15) is 0 Å². The van der Waals surface area contributed by atoms with Gasteiger partial charge < -0.3 is 14.8 Å². The smallest absolute Gasteiger partial charge is 0.238 e. The molecule has 1 heterocycles. The van der Waals surface area contributed by atoms with Crippen molar-refractivity contribution in [3.63, 3.8) is 0 Å². The van der Waals surface area contributed by atoms with Crippen molar-refractivity contribution in [1.82, 2.24) is 0 Å². The lowest BCUT2D eigenvalue weighted by Crippen LogP contribution is -2.22. The molecule has 2 aromatic carbocycles. The first-order chi connectivity index (χ1) is 12.3. The van der Waals surface area contributed by atoms with Crippen LogP contribution in [0.4, 0.5) is 5.69 Å². The number of rotatable bonds is 5. The van der Waals surface area contributed by atoms with Gasteiger partial charge in [0.15, 0.2) is 11.5 Å². The standard InChI is InChI=1S/C17H18N2O5S2/c1-11(25-13-4-7-15-16(10-13)24-9-8-23-15)17(20)19-12-2-5-14(6-3-12)26(18,21)22/h2-7,10-11H,8-9H2,1H3,(H,19,20)(H2,18,21,22). The molecule has 7 nitrogen and oxygen atoms in total. The van der Waals surface area contributed by atoms with Crippen molar-refractivity contribution in [3.8, 4) is 11.5 Å². The van der Waals surface area contributed by atoms with E-state index >= 15 is 0 Å². The number of carbonyl (C=O) groups is 1. The molecule has 3 rings (SSSR count). The van der Waals surface area contributed by atoms with E-state index in [1.54, 1.807) is 6.92 Å². The Morgan fingerprint density at radius 2 is 1.77 bits per heavy atom. The first kappa shape index (κ1) is 18.6. The molecule has 1 unspecified atom stereocenters. The summed E-state index contributed by atoms with van der Waals surface area (Å²) in [6, 6.07) is 11.3. The summed E-state index contributed by atoms with van der Waals surface area (Å²) in [7, 11) is -3.75. The van der Waals surface area contributed by atoms with E-state index in [-0.39, 0.29) is 16.1 Å². The third-order valence-electron chi connectivity index (χ3n) is 3.65. The molecular formula is C17H18N2O5S2. The number of hydrogen-bond acceptors (Lipinski definition) is 6. The highest BCUT2D eigenvalue weighted by atomic mass is 32.2. The Bertz CT molecular complexity index is 913. The SMILES string of the molecule is CC(Sc1ccc2c(c1)OCCO2)C(=O)Nc1ccc(S(N)(=O)=O)cc1. The molecule has 0 bridgehead atoms. The molecule has 9 heteroatoms. The second-order valence-corrected chi connectivity index (χ2v) is 8.60. The zero-order valence-electron chi connectivity index (χ0n) is 14.0. The molecule has 0 fully saturated rings. The van der Waals surface area contributed by atoms with E-state index in [2.05, 4.69) is 5.32 Å². The first-order valence-corrected chi connectivity index (χ1v) is 10.3. The molecule has 2 aromatic rings. The number of carbonyl (C=O) groups excluding carboxylic acids is 1. The number of amides is 1. The summed E-state index contributed by atoms with van der Waals surface area (Å²) in [5.74, 6) is 1.17. The number of hydrogen-bond donors (Lipinski definition) is 2. The lowest BCUT2D eigenvalue weighted by atomic mass is 10.3. The van der Waals surface area contributed by atoms with Crippen molar-refractivity contribution in [2.24, 2.45) is 5.14 Å². The molecule has 0 spiro atoms. The van der Waals surface area contributed by atoms with E-state index in [1.807, 2.05) is 18.2 Å². The monoisotopic (exact) mass is 394 g/mol. The molecule has 26 heavy (non-hydrogen) atoms. The Morgan fingerprint density at radius 3 is 2.42 bits per heavy atom. The molecule has 1 aliphatic rings. The zero-order valence-corrected chi connectivity index (χ0v) is 15.6. The average Bonchev–Trinajstić information content (AvgIpc) is 2.61. The molecular weight excluding hydrogens is 376 g/mol. The van der Waals surface area contributed by atoms with Gasteiger partial charge in [-0.25, -0.2) is 13.6 Å². The van der Waals surface area contributed by atoms with Crippen LogP contribution in [0.25, 0.3) is 0 Å². The van der Waals surface area contributed by atoms with Crippen molar-refractivity contribution < 1.29 is 22.7 Å². The topological polar surface area (TPSA) is 108 Å². The molecule has 138 valence electrons. The van der Waals surface area contributed by atoms with E-state index in [9.17, 15) is 13.2 Å². The van der Waals surface area contributed by atoms with Crippen molar-refractivity contribution in [2.45, 2.75) is 22.0 Å². The van der Waals surface area contributed by atoms with Crippen molar-refractivity contribution in [1.29, 1.82) is 0 Å². The van der Waals surface area contributed by atoms with Gasteiger partial charge in [-0.05, 0) is 49.4 Å². The van der Waals surface area contributed by atoms with E-state index in [0.717, 1.165) is 4.90 Å². The van der Waals surface area contributed by atoms with Gasteiger partial charge in [0.2, 0.25) is 15.9 Å². The second-order valence-electron chi connectivity index (χ2n) is 5.62. The van der Waals surface area contributed by atoms with Crippen molar-refractivity contribution in [2.75, 3.05) is 18.5 Å². The number of anilines is 1. The molecule has 0 aliphatic carbocycles. The van der Waals surface area contributed by atoms with Gasteiger partial charge in [-0.3, -0.25) is 4.79 Å². The Kier molecular flexibility index (Phi) is 5.40. The van der Waals surface area contributed by atoms with Crippen molar-refractivity contribution >= 4 is 33.4 Å². The summed E-state index contributed by atoms with van der Waals surface area (Å²) in [6.45, 7) is 2.82. The highest BCUT2D eigenvalue weighted by Crippen LogP contribution is 2.35. The predicted molar refractivity (Wildman–Crippen MR) is 99.2 cm³/mol. The van der Waals surface area contributed by atoms with Crippen LogP contribution in [0.3, 0.4) is 0 Å². The fourth-order valence-electron chi connectivity index (χ4n) is 2.33. The van der Waals surface area contributed by atoms with Crippen LogP contribution in [0.15, 0.2) is 52.3 Å². The number of ether oxygens (including phenoxy) is 2. The minimum absolute atomic E-state index is 0.00537. The van der Waals surface area contributed by atoms with Crippen LogP contribution in [-0.2, 0) is 14.8 Å². The number of fused-ring (bicyclic) bond motifs is 1. The zero-order chi connectivity index (χ0) is 18.7. The Balaban J connectivity index is 1.63. The third kappa shape index (κ3) is 4.48. The van der Waals surface area contributed by atoms with Gasteiger partial charge in [0.1, 0.15) is 13.2 Å². The summed E-state index contributed by atoms with van der Waals surface area (Å²) in [5, 5.41) is 7.44. The maximum absolute atomic E-state index is 12.4. The van der Waals surface area contributed by atoms with Crippen molar-refractivity contribution in [3.05, 3.63) is 42.5 Å². The van der Waals surface area contributed by atoms with Gasteiger partial charge in [0, 0.05) is 10.6 Å². The van der Waals surface area contributed by atoms with Gasteiger partial charge >= 0.3 is 0 Å². The van der Waals surface area contributed by atoms with Crippen LogP contribution < -0.4 is 19.9 Å². The normalized spacial score (nSPS) is 14.5. The lowest BCUT2D eigenvalue weighted by molar-refractivity contribution is -0.115. The Hall–Kier alpha value is -2.23. The van der Waals surface area contributed by atoms with Crippen LogP contribution in [-0.4, -0.2) is 32.8 Å². The number of sulfonamides is 1. The van der Waals surface area contributed by atoms with Crippen LogP contribution >= 0.6 is 11.8 Å². The fourth-order valence-corrected chi connectivity index (χ4v) is 3.74. The van der Waals surface area contributed by atoms with Gasteiger partial charge in [-0.15, -0.1) is 11.8 Å². The molecule has 1 atom stereocenters. The molecule has 0 radical (unpaired) electrons. The second kappa shape index (κ2) is 7.56. The van der Waals surface area contributed by atoms with E-state index in [1.165, 1.54) is 36.0 Å². The summed E-state index contributed by atoms with van der Waals surface area (Å²) >= 11 is 1.39. The molecule has 0 aromatic heterocycles. The number of nitrogens with one attached hydrogen (secondary N) is 1. The summed E-state index contributed by atoms with van der Waals surface area (Å²) in [5.41, 5.74) is 0.497. The molecule has 0 saturated heterocycles. The molecule has 3 N–H and O–H groups in total. The number of nitrogens with two attached hydrogens (primary N) is 1. The van der Waals surface area contributed by atoms with Gasteiger partial charge in [0.05, 0.1) is 10.1 Å². The fraction of sp³-hybridized carbons (Fsp3) is 0.235.